The molecule has 0 aromatic rings. The molecule has 0 radical (unpaired) electrons. The molecule has 16 heteroatoms. The highest BCUT2D eigenvalue weighted by Gasteiger charge is 2.17. The summed E-state index contributed by atoms with van der Waals surface area (Å²) in [4.78, 5) is 83.0. The number of hydrogen-bond donors (Lipinski definition) is 8. The van der Waals surface area contributed by atoms with Gasteiger partial charge in [0.15, 0.2) is 0 Å². The van der Waals surface area contributed by atoms with Crippen LogP contribution >= 0.6 is 0 Å². The molecule has 0 spiro atoms. The Balaban J connectivity index is 5.61. The summed E-state index contributed by atoms with van der Waals surface area (Å²) in [6, 6.07) is 0. The van der Waals surface area contributed by atoms with E-state index in [-0.39, 0.29) is 100 Å². The van der Waals surface area contributed by atoms with Crippen molar-refractivity contribution in [2.24, 2.45) is 0 Å². The second-order valence-electron chi connectivity index (χ2n) is 28.5. The Morgan fingerprint density at radius 1 is 0.270 bits per heavy atom. The first-order valence-electron chi connectivity index (χ1n) is 41.4. The lowest BCUT2D eigenvalue weighted by Crippen LogP contribution is -2.43. The van der Waals surface area contributed by atoms with E-state index in [0.29, 0.717) is 51.4 Å². The summed E-state index contributed by atoms with van der Waals surface area (Å²) in [6.07, 6.45) is 68.5. The summed E-state index contributed by atoms with van der Waals surface area (Å²) in [5.74, 6) is -1.26. The third-order valence-corrected chi connectivity index (χ3v) is 18.8. The minimum Gasteiger partial charge on any atom is -0.393 e. The Morgan fingerprint density at radius 2 is 0.470 bits per heavy atom. The summed E-state index contributed by atoms with van der Waals surface area (Å²) in [7, 11) is 0. The fourth-order valence-electron chi connectivity index (χ4n) is 12.2. The molecule has 0 rings (SSSR count). The molecule has 0 aromatic heterocycles. The molecule has 8 N–H and O–H groups in total. The van der Waals surface area contributed by atoms with Gasteiger partial charge in [-0.2, -0.15) is 0 Å². The van der Waals surface area contributed by atoms with Crippen LogP contribution in [0.3, 0.4) is 0 Å². The van der Waals surface area contributed by atoms with E-state index < -0.39 is 11.8 Å². The van der Waals surface area contributed by atoms with Crippen LogP contribution in [0, 0.1) is 0 Å². The molecule has 0 saturated carbocycles. The number of hydrogen-bond acceptors (Lipinski definition) is 10. The monoisotopic (exact) mass is 1410 g/mol. The van der Waals surface area contributed by atoms with Gasteiger partial charge in [-0.15, -0.1) is 0 Å². The van der Waals surface area contributed by atoms with Gasteiger partial charge in [0.1, 0.15) is 0 Å². The fraction of sp³-hybridized carbons (Fsp3) is 0.810. The Bertz CT molecular complexity index is 1820. The van der Waals surface area contributed by atoms with Crippen molar-refractivity contribution in [2.45, 2.75) is 386 Å². The van der Waals surface area contributed by atoms with E-state index in [9.17, 15) is 49.2 Å². The summed E-state index contributed by atoms with van der Waals surface area (Å²) in [5, 5.41) is 52.8. The van der Waals surface area contributed by atoms with E-state index in [1.165, 1.54) is 99.0 Å². The van der Waals surface area contributed by atoms with Gasteiger partial charge in [0.2, 0.25) is 35.4 Å². The molecule has 0 heterocycles. The van der Waals surface area contributed by atoms with Gasteiger partial charge in [-0.1, -0.05) is 256 Å². The number of allylic oxidation sites excluding steroid dienone is 4. The molecule has 100 heavy (non-hydrogen) atoms. The van der Waals surface area contributed by atoms with Crippen molar-refractivity contribution < 1.29 is 49.2 Å². The predicted molar refractivity (Wildman–Crippen MR) is 418 cm³/mol. The SMILES string of the molecule is CCCCCCC(O)CC=CCCCCCCCC(=O)NCCN(CCNC(=O)CCCCCCCC=CCC(O)CCCCCC)C(=O)C=CC(=O)N(CCNC(=O)CCCCCCCC=CCC(O)CCCCCC)CCNC(=O)CCCCCCCC=CCC(O)CCCCCC. The number of nitrogens with zero attached hydrogens (tertiary/aromatic N) is 2. The molecule has 0 aliphatic heterocycles. The largest absolute Gasteiger partial charge is 0.393 e. The average Bonchev–Trinajstić information content (AvgIpc) is 0.946. The van der Waals surface area contributed by atoms with Crippen molar-refractivity contribution >= 4 is 35.4 Å². The molecule has 6 amide bonds. The van der Waals surface area contributed by atoms with Crippen LogP contribution in [-0.4, -0.2) is 142 Å². The lowest BCUT2D eigenvalue weighted by atomic mass is 10.1. The van der Waals surface area contributed by atoms with E-state index in [0.717, 1.165) is 205 Å². The van der Waals surface area contributed by atoms with Gasteiger partial charge in [-0.25, -0.2) is 0 Å². The highest BCUT2D eigenvalue weighted by molar-refractivity contribution is 5.97. The van der Waals surface area contributed by atoms with Gasteiger partial charge in [0.05, 0.1) is 24.4 Å². The van der Waals surface area contributed by atoms with Gasteiger partial charge in [0, 0.05) is 90.2 Å². The maximum absolute atomic E-state index is 14.0. The first-order valence-corrected chi connectivity index (χ1v) is 41.4. The third-order valence-electron chi connectivity index (χ3n) is 18.8. The molecule has 0 saturated heterocycles. The number of unbranched alkanes of at least 4 members (excludes halogenated alkanes) is 32. The van der Waals surface area contributed by atoms with Crippen LogP contribution in [0.1, 0.15) is 362 Å². The second-order valence-corrected chi connectivity index (χ2v) is 28.5. The van der Waals surface area contributed by atoms with Gasteiger partial charge in [0.25, 0.3) is 0 Å². The number of aliphatic hydroxyl groups excluding tert-OH is 4. The molecule has 580 valence electrons. The number of aliphatic hydroxyl groups is 4. The fourth-order valence-corrected chi connectivity index (χ4v) is 12.2. The third kappa shape index (κ3) is 67.8. The maximum atomic E-state index is 14.0. The topological polar surface area (TPSA) is 238 Å². The van der Waals surface area contributed by atoms with Crippen molar-refractivity contribution in [1.82, 2.24) is 31.1 Å². The van der Waals surface area contributed by atoms with Gasteiger partial charge >= 0.3 is 0 Å². The van der Waals surface area contributed by atoms with Crippen LogP contribution < -0.4 is 21.3 Å². The first-order chi connectivity index (χ1) is 48.8. The highest BCUT2D eigenvalue weighted by atomic mass is 16.3. The molecule has 0 bridgehead atoms. The predicted octanol–water partition coefficient (Wildman–Crippen LogP) is 17.7. The maximum Gasteiger partial charge on any atom is 0.246 e. The summed E-state index contributed by atoms with van der Waals surface area (Å²) in [6.45, 7) is 10.3. The molecule has 0 aliphatic carbocycles. The van der Waals surface area contributed by atoms with Gasteiger partial charge in [-0.05, 0) is 128 Å². The van der Waals surface area contributed by atoms with E-state index >= 15 is 0 Å². The minimum atomic E-state index is -0.445. The van der Waals surface area contributed by atoms with E-state index in [1.807, 2.05) is 0 Å². The van der Waals surface area contributed by atoms with Crippen LogP contribution in [0.4, 0.5) is 0 Å². The molecule has 4 atom stereocenters. The number of carbonyl (C=O) groups is 6. The zero-order valence-corrected chi connectivity index (χ0v) is 64.6. The van der Waals surface area contributed by atoms with Crippen molar-refractivity contribution in [3.8, 4) is 0 Å². The zero-order chi connectivity index (χ0) is 73.3. The Kier molecular flexibility index (Phi) is 70.7. The van der Waals surface area contributed by atoms with Crippen molar-refractivity contribution in [3.63, 3.8) is 0 Å². The second kappa shape index (κ2) is 74.1. The van der Waals surface area contributed by atoms with Gasteiger partial charge < -0.3 is 51.5 Å². The zero-order valence-electron chi connectivity index (χ0n) is 64.6. The number of nitrogens with one attached hydrogen (secondary N) is 4. The van der Waals surface area contributed by atoms with Crippen LogP contribution in [0.15, 0.2) is 60.8 Å². The van der Waals surface area contributed by atoms with Crippen molar-refractivity contribution in [1.29, 1.82) is 0 Å². The first kappa shape index (κ1) is 95.4. The average molecular weight is 1410 g/mol. The van der Waals surface area contributed by atoms with Gasteiger partial charge in [-0.3, -0.25) is 28.8 Å². The Labute approximate surface area is 611 Å². The van der Waals surface area contributed by atoms with Crippen LogP contribution in [0.2, 0.25) is 0 Å². The summed E-state index contributed by atoms with van der Waals surface area (Å²) >= 11 is 0. The highest BCUT2D eigenvalue weighted by Crippen LogP contribution is 2.16. The van der Waals surface area contributed by atoms with Crippen LogP contribution in [0.25, 0.3) is 0 Å². The number of rotatable bonds is 74. The Hall–Kier alpha value is -4.64. The molecule has 4 unspecified atom stereocenters. The lowest BCUT2D eigenvalue weighted by molar-refractivity contribution is -0.129. The van der Waals surface area contributed by atoms with Crippen molar-refractivity contribution in [2.75, 3.05) is 52.4 Å². The molecular weight excluding hydrogens is 1250 g/mol. The number of amides is 6. The lowest BCUT2D eigenvalue weighted by Gasteiger charge is -2.23. The Morgan fingerprint density at radius 3 is 0.690 bits per heavy atom. The minimum absolute atomic E-state index is 0.0932. The van der Waals surface area contributed by atoms with E-state index in [4.69, 9.17) is 0 Å². The molecule has 0 aromatic carbocycles. The van der Waals surface area contributed by atoms with Crippen LogP contribution in [0.5, 0.6) is 0 Å². The molecular formula is C84H154N6O10. The quantitative estimate of drug-likeness (QED) is 0.0163. The van der Waals surface area contributed by atoms with Crippen molar-refractivity contribution in [3.05, 3.63) is 60.8 Å². The standard InChI is InChI=1S/C84H154N6O10/c1-5-9-13-41-53-75(91)57-45-33-25-17-21-29-37-49-61-79(95)85-67-71-89(72-68-86-80(96)62-50-38-30-22-18-26-34-46-58-76(92)54-42-14-10-6-2)83(99)65-66-84(100)90(73-69-87-81(97)63-51-39-31-23-19-27-35-47-59-77(93)55-43-15-11-7-3)74-70-88-82(98)64-52-40-32-24-20-28-36-48-60-78(94)56-44-16-12-8-4/h33-36,45-48,65-66,75-78,91-94H,5-32,37-44,49-64,67-74H2,1-4H3,(H,85,95)(H,86,96)(H,87,97)(H,88,98). The molecule has 0 fully saturated rings. The smallest absolute Gasteiger partial charge is 0.246 e. The van der Waals surface area contributed by atoms with Crippen LogP contribution in [-0.2, 0) is 28.8 Å². The normalized spacial score (nSPS) is 13.1. The molecule has 16 nitrogen and oxygen atoms in total. The number of carbonyl (C=O) groups excluding carboxylic acids is 6. The summed E-state index contributed by atoms with van der Waals surface area (Å²) in [5.41, 5.74) is 0. The molecule has 0 aliphatic rings. The summed E-state index contributed by atoms with van der Waals surface area (Å²) < 4.78 is 0. The van der Waals surface area contributed by atoms with E-state index in [1.54, 1.807) is 0 Å². The van der Waals surface area contributed by atoms with E-state index in [2.05, 4.69) is 97.6 Å².